The third-order valence-corrected chi connectivity index (χ3v) is 15.8. The highest BCUT2D eigenvalue weighted by atomic mass is 35.5. The summed E-state index contributed by atoms with van der Waals surface area (Å²) in [5, 5.41) is 12.4. The van der Waals surface area contributed by atoms with E-state index in [1.54, 1.807) is 91.2 Å². The molecule has 0 atom stereocenters. The van der Waals surface area contributed by atoms with Crippen LogP contribution in [0.2, 0.25) is 5.28 Å². The predicted octanol–water partition coefficient (Wildman–Crippen LogP) is 4.24. The second kappa shape index (κ2) is 29.1. The number of aromatic carboxylic acids is 1. The predicted molar refractivity (Wildman–Crippen MR) is 358 cm³/mol. The minimum atomic E-state index is -0.986. The molecule has 0 amide bonds. The molecule has 488 valence electrons. The molecule has 3 aliphatic rings. The van der Waals surface area contributed by atoms with Crippen molar-refractivity contribution >= 4 is 110 Å². The number of nitrogen functional groups attached to an aromatic ring is 3. The maximum atomic E-state index is 11.6. The van der Waals surface area contributed by atoms with Crippen molar-refractivity contribution in [1.82, 2.24) is 93.8 Å². The Bertz CT molecular complexity index is 4650. The number of carbonyl (C=O) groups is 3. The number of carboxylic acids is 1. The smallest absolute Gasteiger partial charge is 0.339 e. The van der Waals surface area contributed by atoms with Gasteiger partial charge >= 0.3 is 17.9 Å². The molecule has 0 unspecified atom stereocenters. The Balaban J connectivity index is 0.000000128. The molecule has 0 aliphatic carbocycles. The average molecular weight is 1320 g/mol. The van der Waals surface area contributed by atoms with Gasteiger partial charge in [-0.25, -0.2) is 44.3 Å². The van der Waals surface area contributed by atoms with Crippen LogP contribution in [0.5, 0.6) is 0 Å². The summed E-state index contributed by atoms with van der Waals surface area (Å²) in [6, 6.07) is 21.7. The number of nitrogens with two attached hydrogens (primary N) is 3. The first-order valence-corrected chi connectivity index (χ1v) is 30.3. The molecule has 3 saturated heterocycles. The molecule has 34 heteroatoms. The molecular formula is C62H62ClN27O6. The number of anilines is 8. The highest BCUT2D eigenvalue weighted by Crippen LogP contribution is 2.28. The molecule has 3 aliphatic heterocycles. The summed E-state index contributed by atoms with van der Waals surface area (Å²) in [4.78, 5) is 109. The molecular weight excluding hydrogens is 1250 g/mol. The topological polar surface area (TPSA) is 404 Å². The number of piperazine rings is 3. The first-order valence-electron chi connectivity index (χ1n) is 29.9. The highest BCUT2D eigenvalue weighted by Gasteiger charge is 2.25. The summed E-state index contributed by atoms with van der Waals surface area (Å²) in [5.74, 6) is 2.81. The lowest BCUT2D eigenvalue weighted by Crippen LogP contribution is -2.47. The van der Waals surface area contributed by atoms with E-state index in [-0.39, 0.29) is 22.6 Å². The molecule has 96 heavy (non-hydrogen) atoms. The first kappa shape index (κ1) is 63.7. The minimum Gasteiger partial charge on any atom is -0.478 e. The van der Waals surface area contributed by atoms with E-state index in [9.17, 15) is 14.4 Å². The number of hydrogen-bond donors (Lipinski definition) is 5. The first-order chi connectivity index (χ1) is 46.8. The Hall–Kier alpha value is -12.4. The number of pyridine rings is 6. The van der Waals surface area contributed by atoms with Gasteiger partial charge in [0.05, 0.1) is 48.0 Å². The molecule has 0 saturated carbocycles. The summed E-state index contributed by atoms with van der Waals surface area (Å²) >= 11 is 5.78. The number of aromatic nitrogens is 18. The normalized spacial score (nSPS) is 13.8. The van der Waals surface area contributed by atoms with Crippen molar-refractivity contribution < 1.29 is 29.0 Å². The lowest BCUT2D eigenvalue weighted by atomic mass is 10.2. The zero-order valence-electron chi connectivity index (χ0n) is 51.7. The maximum Gasteiger partial charge on any atom is 0.339 e. The number of nitrogens with one attached hydrogen (secondary N) is 1. The van der Waals surface area contributed by atoms with Crippen LogP contribution in [0.3, 0.4) is 0 Å². The Labute approximate surface area is 551 Å². The molecule has 3 fully saturated rings. The fraction of sp³-hybridized carbons (Fsp3) is 0.226. The van der Waals surface area contributed by atoms with Gasteiger partial charge in [-0.15, -0.1) is 0 Å². The van der Waals surface area contributed by atoms with E-state index in [0.717, 1.165) is 73.8 Å². The zero-order chi connectivity index (χ0) is 66.7. The summed E-state index contributed by atoms with van der Waals surface area (Å²) in [7, 11) is 2.72. The number of rotatable bonds is 11. The fourth-order valence-electron chi connectivity index (χ4n) is 10.6. The van der Waals surface area contributed by atoms with Gasteiger partial charge in [0, 0.05) is 134 Å². The van der Waals surface area contributed by atoms with Gasteiger partial charge in [0.2, 0.25) is 17.2 Å². The van der Waals surface area contributed by atoms with Crippen molar-refractivity contribution in [3.8, 4) is 17.1 Å². The van der Waals surface area contributed by atoms with Crippen LogP contribution in [0.25, 0.3) is 50.6 Å². The number of fused-ring (bicyclic) bond motifs is 3. The number of methoxy groups -OCH3 is 2. The number of carboxylic acid groups (broad SMARTS) is 1. The Morgan fingerprint density at radius 3 is 1.10 bits per heavy atom. The SMILES string of the molecule is COC(=O)c1ccc(N2CCN(c3nc(N)c4ncn(-c5ccncc5)c4n3)CC2)nc1.COC(=O)c1ccc(N2CCNCC2)nc1.Nc1nc(Cl)nc2c1ncn2-c1ccncc1.Nc1nc(N2CCN(c3ccc(C(=O)O)cn3)CC2)nc2c1ncn2-c1ccncc1. The molecule has 8 N–H and O–H groups in total. The van der Waals surface area contributed by atoms with Crippen LogP contribution in [0, 0.1) is 0 Å². The molecule has 12 aromatic rings. The van der Waals surface area contributed by atoms with Gasteiger partial charge in [0.15, 0.2) is 50.9 Å². The molecule has 0 spiro atoms. The van der Waals surface area contributed by atoms with Crippen LogP contribution in [-0.2, 0) is 9.47 Å². The van der Waals surface area contributed by atoms with E-state index >= 15 is 0 Å². The number of carbonyl (C=O) groups excluding carboxylic acids is 2. The van der Waals surface area contributed by atoms with Gasteiger partial charge in [-0.2, -0.15) is 29.9 Å². The van der Waals surface area contributed by atoms with E-state index in [1.165, 1.54) is 26.6 Å². The largest absolute Gasteiger partial charge is 0.478 e. The fourth-order valence-corrected chi connectivity index (χ4v) is 10.7. The quantitative estimate of drug-likeness (QED) is 0.0893. The minimum absolute atomic E-state index is 0.103. The Kier molecular flexibility index (Phi) is 19.3. The standard InChI is InChI=1S/C21H21N9O2.C20H19N9O2.C11H15N3O2.C10H7ClN6/c1-32-20(31)14-2-3-16(24-12-14)28-8-10-29(11-9-28)21-26-18(22)17-19(27-21)30(13-25-17)15-4-6-23-7-5-15;21-17-16-18(29(12-24-16)14-3-5-22-6-4-14)26-20(25-17)28-9-7-27(8-10-28)15-2-1-13(11-23-15)19(30)31;1-16-11(15)9-2-3-10(13-8-9)14-6-4-12-5-7-14;11-10-15-8(12)7-9(16-10)17(5-14-7)6-1-3-13-4-2-6/h2-7,12-13H,8-11H2,1H3,(H2,22,26,27);1-6,11-12H,7-10H2,(H,30,31)(H2,21,25,26);2-3,8,12H,4-7H2,1H3;1-5H,(H2,12,15,16). The van der Waals surface area contributed by atoms with Crippen LogP contribution in [0.1, 0.15) is 31.1 Å². The number of esters is 2. The van der Waals surface area contributed by atoms with Gasteiger partial charge in [0.25, 0.3) is 0 Å². The van der Waals surface area contributed by atoms with Crippen molar-refractivity contribution in [2.24, 2.45) is 0 Å². The zero-order valence-corrected chi connectivity index (χ0v) is 52.5. The molecule has 12 aromatic heterocycles. The van der Waals surface area contributed by atoms with Crippen molar-refractivity contribution in [3.63, 3.8) is 0 Å². The molecule has 15 rings (SSSR count). The average Bonchev–Trinajstić information content (AvgIpc) is 1.63. The number of hydrogen-bond acceptors (Lipinski definition) is 29. The lowest BCUT2D eigenvalue weighted by molar-refractivity contribution is 0.0591. The van der Waals surface area contributed by atoms with Gasteiger partial charge in [-0.05, 0) is 84.4 Å². The van der Waals surface area contributed by atoms with Gasteiger partial charge in [-0.3, -0.25) is 28.7 Å². The van der Waals surface area contributed by atoms with E-state index in [2.05, 4.69) is 99.3 Å². The summed E-state index contributed by atoms with van der Waals surface area (Å²) < 4.78 is 14.9. The highest BCUT2D eigenvalue weighted by molar-refractivity contribution is 6.28. The number of halogens is 1. The molecule has 0 aromatic carbocycles. The Morgan fingerprint density at radius 2 is 0.760 bits per heavy atom. The summed E-state index contributed by atoms with van der Waals surface area (Å²) in [6.07, 6.45) is 19.7. The van der Waals surface area contributed by atoms with Crippen molar-refractivity contribution in [1.29, 1.82) is 0 Å². The third kappa shape index (κ3) is 14.3. The van der Waals surface area contributed by atoms with Gasteiger partial charge in [-0.1, -0.05) is 0 Å². The lowest BCUT2D eigenvalue weighted by Gasteiger charge is -2.35. The van der Waals surface area contributed by atoms with Crippen LogP contribution in [0.4, 0.5) is 46.8 Å². The van der Waals surface area contributed by atoms with Crippen molar-refractivity contribution in [2.75, 3.05) is 134 Å². The van der Waals surface area contributed by atoms with E-state index in [0.29, 0.717) is 107 Å². The second-order valence-corrected chi connectivity index (χ2v) is 21.7. The monoisotopic (exact) mass is 1320 g/mol. The summed E-state index contributed by atoms with van der Waals surface area (Å²) in [5.41, 5.74) is 25.4. The number of nitrogens with zero attached hydrogens (tertiary/aromatic N) is 23. The third-order valence-electron chi connectivity index (χ3n) is 15.6. The Morgan fingerprint density at radius 1 is 0.427 bits per heavy atom. The van der Waals surface area contributed by atoms with Crippen LogP contribution < -0.4 is 47.0 Å². The second-order valence-electron chi connectivity index (χ2n) is 21.4. The van der Waals surface area contributed by atoms with Gasteiger partial charge < -0.3 is 61.6 Å². The van der Waals surface area contributed by atoms with E-state index < -0.39 is 11.9 Å². The molecule has 0 bridgehead atoms. The maximum absolute atomic E-state index is 11.6. The number of ether oxygens (including phenoxy) is 2. The van der Waals surface area contributed by atoms with Crippen molar-refractivity contribution in [2.45, 2.75) is 0 Å². The van der Waals surface area contributed by atoms with Crippen LogP contribution in [-0.4, -0.2) is 204 Å². The van der Waals surface area contributed by atoms with Gasteiger partial charge in [0.1, 0.15) is 36.4 Å². The number of imidazole rings is 3. The van der Waals surface area contributed by atoms with Crippen LogP contribution >= 0.6 is 11.6 Å². The summed E-state index contributed by atoms with van der Waals surface area (Å²) in [6.45, 7) is 9.46. The van der Waals surface area contributed by atoms with Crippen LogP contribution in [0.15, 0.2) is 148 Å². The molecule has 15 heterocycles. The van der Waals surface area contributed by atoms with E-state index in [4.69, 9.17) is 48.6 Å². The van der Waals surface area contributed by atoms with E-state index in [1.807, 2.05) is 57.7 Å². The molecule has 33 nitrogen and oxygen atoms in total. The van der Waals surface area contributed by atoms with Crippen molar-refractivity contribution in [3.05, 3.63) is 170 Å². The molecule has 0 radical (unpaired) electrons.